The molecule has 1 fully saturated rings. The molecule has 9 nitrogen and oxygen atoms in total. The highest BCUT2D eigenvalue weighted by atomic mass is 16.2. The summed E-state index contributed by atoms with van der Waals surface area (Å²) in [4.78, 5) is 39.4. The summed E-state index contributed by atoms with van der Waals surface area (Å²) < 4.78 is 0. The SMILES string of the molecule is Cc1ccccc1Nc1nc(N)nc(CN2C(=O)N[C@@](C)(CCc3ccccc3)C2=O)n1. The number of aromatic nitrogens is 3. The maximum atomic E-state index is 13.1. The molecule has 1 atom stereocenters. The van der Waals surface area contributed by atoms with Gasteiger partial charge in [-0.25, -0.2) is 4.79 Å². The maximum absolute atomic E-state index is 13.1. The van der Waals surface area contributed by atoms with Crippen molar-refractivity contribution >= 4 is 29.5 Å². The summed E-state index contributed by atoms with van der Waals surface area (Å²) in [5, 5.41) is 5.93. The van der Waals surface area contributed by atoms with E-state index in [0.29, 0.717) is 12.8 Å². The molecule has 3 amide bonds. The first kappa shape index (κ1) is 21.2. The summed E-state index contributed by atoms with van der Waals surface area (Å²) >= 11 is 0. The van der Waals surface area contributed by atoms with Gasteiger partial charge >= 0.3 is 6.03 Å². The second-order valence-corrected chi connectivity index (χ2v) is 8.01. The smallest absolute Gasteiger partial charge is 0.325 e. The van der Waals surface area contributed by atoms with Gasteiger partial charge in [-0.2, -0.15) is 15.0 Å². The van der Waals surface area contributed by atoms with Gasteiger partial charge in [-0.15, -0.1) is 0 Å². The van der Waals surface area contributed by atoms with Crippen LogP contribution in [0.2, 0.25) is 0 Å². The zero-order chi connectivity index (χ0) is 22.7. The lowest BCUT2D eigenvalue weighted by molar-refractivity contribution is -0.131. The van der Waals surface area contributed by atoms with E-state index in [2.05, 4.69) is 25.6 Å². The molecule has 1 aliphatic rings. The molecule has 1 aromatic heterocycles. The lowest BCUT2D eigenvalue weighted by Gasteiger charge is -2.21. The molecule has 2 aromatic carbocycles. The Morgan fingerprint density at radius 3 is 2.50 bits per heavy atom. The number of carbonyl (C=O) groups excluding carboxylic acids is 2. The van der Waals surface area contributed by atoms with Crippen LogP contribution in [-0.4, -0.2) is 37.3 Å². The molecule has 164 valence electrons. The number of nitrogen functional groups attached to an aromatic ring is 1. The number of amides is 3. The van der Waals surface area contributed by atoms with Crippen LogP contribution in [-0.2, 0) is 17.8 Å². The highest BCUT2D eigenvalue weighted by molar-refractivity contribution is 6.06. The van der Waals surface area contributed by atoms with E-state index in [4.69, 9.17) is 5.73 Å². The molecule has 0 bridgehead atoms. The molecule has 32 heavy (non-hydrogen) atoms. The van der Waals surface area contributed by atoms with Crippen LogP contribution in [0, 0.1) is 6.92 Å². The zero-order valence-corrected chi connectivity index (χ0v) is 18.0. The summed E-state index contributed by atoms with van der Waals surface area (Å²) in [5.41, 5.74) is 7.80. The van der Waals surface area contributed by atoms with Crippen LogP contribution in [0.15, 0.2) is 54.6 Å². The van der Waals surface area contributed by atoms with Crippen molar-refractivity contribution in [2.24, 2.45) is 0 Å². The number of rotatable bonds is 7. The Bertz CT molecular complexity index is 1150. The van der Waals surface area contributed by atoms with Crippen LogP contribution in [0.4, 0.5) is 22.4 Å². The van der Waals surface area contributed by atoms with Gasteiger partial charge in [0.15, 0.2) is 5.82 Å². The van der Waals surface area contributed by atoms with Gasteiger partial charge in [0.05, 0.1) is 6.54 Å². The third-order valence-electron chi connectivity index (χ3n) is 5.49. The van der Waals surface area contributed by atoms with E-state index in [-0.39, 0.29) is 30.2 Å². The van der Waals surface area contributed by atoms with Gasteiger partial charge in [0, 0.05) is 5.69 Å². The number of urea groups is 1. The van der Waals surface area contributed by atoms with Crippen molar-refractivity contribution in [3.05, 3.63) is 71.5 Å². The second kappa shape index (κ2) is 8.62. The van der Waals surface area contributed by atoms with Gasteiger partial charge in [-0.1, -0.05) is 48.5 Å². The molecule has 0 radical (unpaired) electrons. The number of carbonyl (C=O) groups is 2. The van der Waals surface area contributed by atoms with Gasteiger partial charge < -0.3 is 16.4 Å². The summed E-state index contributed by atoms with van der Waals surface area (Å²) in [6, 6.07) is 17.0. The first-order valence-electron chi connectivity index (χ1n) is 10.4. The van der Waals surface area contributed by atoms with Gasteiger partial charge in [0.2, 0.25) is 11.9 Å². The molecule has 3 aromatic rings. The number of imide groups is 1. The fourth-order valence-corrected chi connectivity index (χ4v) is 3.64. The summed E-state index contributed by atoms with van der Waals surface area (Å²) in [6.45, 7) is 3.60. The van der Waals surface area contributed by atoms with Crippen molar-refractivity contribution in [3.63, 3.8) is 0 Å². The van der Waals surface area contributed by atoms with Gasteiger partial charge in [0.25, 0.3) is 5.91 Å². The highest BCUT2D eigenvalue weighted by Crippen LogP contribution is 2.25. The summed E-state index contributed by atoms with van der Waals surface area (Å²) in [7, 11) is 0. The van der Waals surface area contributed by atoms with Crippen molar-refractivity contribution in [2.45, 2.75) is 38.8 Å². The largest absolute Gasteiger partial charge is 0.368 e. The normalized spacial score (nSPS) is 18.0. The first-order chi connectivity index (χ1) is 15.3. The molecule has 0 aliphatic carbocycles. The number of para-hydroxylation sites is 1. The minimum absolute atomic E-state index is 0.00461. The molecule has 4 N–H and O–H groups in total. The summed E-state index contributed by atoms with van der Waals surface area (Å²) in [6.07, 6.45) is 1.15. The molecule has 0 unspecified atom stereocenters. The number of nitrogens with two attached hydrogens (primary N) is 1. The van der Waals surface area contributed by atoms with E-state index in [9.17, 15) is 9.59 Å². The summed E-state index contributed by atoms with van der Waals surface area (Å²) in [5.74, 6) is 0.167. The van der Waals surface area contributed by atoms with E-state index in [1.165, 1.54) is 0 Å². The third kappa shape index (κ3) is 4.51. The standard InChI is InChI=1S/C23H25N7O2/c1-15-8-6-7-11-17(15)25-21-27-18(26-20(24)28-21)14-30-19(31)23(2,29-22(30)32)13-12-16-9-4-3-5-10-16/h3-11H,12-14H2,1-2H3,(H,29,32)(H3,24,25,26,27,28)/t23-/m0/s1. The number of nitrogens with zero attached hydrogens (tertiary/aromatic N) is 4. The molecular weight excluding hydrogens is 406 g/mol. The monoisotopic (exact) mass is 431 g/mol. The Kier molecular flexibility index (Phi) is 5.72. The number of nitrogens with one attached hydrogen (secondary N) is 2. The zero-order valence-electron chi connectivity index (χ0n) is 18.0. The lowest BCUT2D eigenvalue weighted by Crippen LogP contribution is -2.44. The van der Waals surface area contributed by atoms with Crippen molar-refractivity contribution in [3.8, 4) is 0 Å². The fourth-order valence-electron chi connectivity index (χ4n) is 3.64. The number of hydrogen-bond acceptors (Lipinski definition) is 7. The van der Waals surface area contributed by atoms with Crippen LogP contribution in [0.3, 0.4) is 0 Å². The van der Waals surface area contributed by atoms with Crippen molar-refractivity contribution < 1.29 is 9.59 Å². The van der Waals surface area contributed by atoms with Crippen LogP contribution in [0.25, 0.3) is 0 Å². The Labute approximate surface area is 186 Å². The van der Waals surface area contributed by atoms with Crippen molar-refractivity contribution in [1.82, 2.24) is 25.2 Å². The number of benzene rings is 2. The molecule has 2 heterocycles. The Hall–Kier alpha value is -4.01. The molecule has 1 aliphatic heterocycles. The number of aryl methyl sites for hydroxylation is 2. The van der Waals surface area contributed by atoms with E-state index < -0.39 is 11.6 Å². The third-order valence-corrected chi connectivity index (χ3v) is 5.49. The topological polar surface area (TPSA) is 126 Å². The Morgan fingerprint density at radius 1 is 1.03 bits per heavy atom. The molecule has 4 rings (SSSR count). The Balaban J connectivity index is 1.48. The highest BCUT2D eigenvalue weighted by Gasteiger charge is 2.47. The number of hydrogen-bond donors (Lipinski definition) is 3. The fraction of sp³-hybridized carbons (Fsp3) is 0.261. The maximum Gasteiger partial charge on any atom is 0.325 e. The molecule has 0 saturated carbocycles. The second-order valence-electron chi connectivity index (χ2n) is 8.01. The van der Waals surface area contributed by atoms with Crippen LogP contribution in [0.5, 0.6) is 0 Å². The van der Waals surface area contributed by atoms with Crippen LogP contribution in [0.1, 0.15) is 30.3 Å². The van der Waals surface area contributed by atoms with Crippen LogP contribution >= 0.6 is 0 Å². The molecular formula is C23H25N7O2. The minimum Gasteiger partial charge on any atom is -0.368 e. The predicted octanol–water partition coefficient (Wildman–Crippen LogP) is 2.95. The van der Waals surface area contributed by atoms with E-state index in [1.807, 2.05) is 61.5 Å². The number of anilines is 3. The average molecular weight is 432 g/mol. The van der Waals surface area contributed by atoms with Gasteiger partial charge in [0.1, 0.15) is 5.54 Å². The average Bonchev–Trinajstić information content (AvgIpc) is 2.98. The van der Waals surface area contributed by atoms with Gasteiger partial charge in [-0.3, -0.25) is 9.69 Å². The quantitative estimate of drug-likeness (QED) is 0.491. The van der Waals surface area contributed by atoms with Crippen molar-refractivity contribution in [1.29, 1.82) is 0 Å². The van der Waals surface area contributed by atoms with Crippen molar-refractivity contribution in [2.75, 3.05) is 11.1 Å². The van der Waals surface area contributed by atoms with E-state index >= 15 is 0 Å². The Morgan fingerprint density at radius 2 is 1.75 bits per heavy atom. The predicted molar refractivity (Wildman–Crippen MR) is 121 cm³/mol. The lowest BCUT2D eigenvalue weighted by atomic mass is 9.93. The van der Waals surface area contributed by atoms with Crippen LogP contribution < -0.4 is 16.4 Å². The van der Waals surface area contributed by atoms with E-state index in [1.54, 1.807) is 6.92 Å². The van der Waals surface area contributed by atoms with E-state index in [0.717, 1.165) is 21.7 Å². The molecule has 9 heteroatoms. The first-order valence-corrected chi connectivity index (χ1v) is 10.4. The minimum atomic E-state index is -0.992. The van der Waals surface area contributed by atoms with Gasteiger partial charge in [-0.05, 0) is 43.9 Å². The molecule has 1 saturated heterocycles. The molecule has 0 spiro atoms.